The van der Waals surface area contributed by atoms with E-state index in [1.54, 1.807) is 4.57 Å². The van der Waals surface area contributed by atoms with Gasteiger partial charge in [-0.1, -0.05) is 12.1 Å². The number of rotatable bonds is 3. The van der Waals surface area contributed by atoms with Crippen molar-refractivity contribution >= 4 is 17.1 Å². The predicted octanol–water partition coefficient (Wildman–Crippen LogP) is 2.64. The maximum absolute atomic E-state index is 12.7. The zero-order valence-corrected chi connectivity index (χ0v) is 17.8. The van der Waals surface area contributed by atoms with Crippen molar-refractivity contribution in [3.8, 4) is 0 Å². The molecule has 1 aliphatic heterocycles. The molecule has 0 spiro atoms. The van der Waals surface area contributed by atoms with Crippen molar-refractivity contribution in [3.63, 3.8) is 0 Å². The number of amides is 1. The van der Waals surface area contributed by atoms with E-state index in [1.165, 1.54) is 5.56 Å². The van der Waals surface area contributed by atoms with E-state index < -0.39 is 5.60 Å². The first kappa shape index (κ1) is 20.0. The molecule has 2 N–H and O–H groups in total. The van der Waals surface area contributed by atoms with Gasteiger partial charge in [0.15, 0.2) is 0 Å². The van der Waals surface area contributed by atoms with Crippen molar-refractivity contribution in [2.75, 3.05) is 19.6 Å². The van der Waals surface area contributed by atoms with E-state index >= 15 is 0 Å². The standard InChI is InChI=1S/C22H32N4O3/c1-22(2,3)29-21(28)26-9-8-23-13-18(26)16-11-14(12-16)10-15-6-5-7-17-19(15)25(4)20(27)24-17/h5-7,14,16,18,23H,8-13H2,1-4H3,(H,24,27). The Hall–Kier alpha value is -2.28. The molecule has 2 heterocycles. The number of para-hydroxylation sites is 1. The number of benzene rings is 1. The first-order chi connectivity index (χ1) is 13.7. The molecule has 1 aromatic heterocycles. The fourth-order valence-electron chi connectivity index (χ4n) is 4.83. The van der Waals surface area contributed by atoms with Gasteiger partial charge in [0, 0.05) is 26.7 Å². The molecule has 2 fully saturated rings. The van der Waals surface area contributed by atoms with Crippen LogP contribution in [0.4, 0.5) is 4.79 Å². The second-order valence-corrected chi connectivity index (χ2v) is 9.55. The summed E-state index contributed by atoms with van der Waals surface area (Å²) in [5.41, 5.74) is 2.59. The summed E-state index contributed by atoms with van der Waals surface area (Å²) in [5, 5.41) is 3.44. The number of carbonyl (C=O) groups excluding carboxylic acids is 1. The minimum Gasteiger partial charge on any atom is -0.444 e. The van der Waals surface area contributed by atoms with Gasteiger partial charge in [0.2, 0.25) is 0 Å². The largest absolute Gasteiger partial charge is 0.444 e. The summed E-state index contributed by atoms with van der Waals surface area (Å²) in [6.45, 7) is 8.09. The lowest BCUT2D eigenvalue weighted by Crippen LogP contribution is -2.59. The summed E-state index contributed by atoms with van der Waals surface area (Å²) < 4.78 is 7.34. The Labute approximate surface area is 171 Å². The van der Waals surface area contributed by atoms with Crippen LogP contribution < -0.4 is 11.0 Å². The van der Waals surface area contributed by atoms with Gasteiger partial charge in [0.25, 0.3) is 0 Å². The van der Waals surface area contributed by atoms with Gasteiger partial charge < -0.3 is 19.9 Å². The van der Waals surface area contributed by atoms with Crippen molar-refractivity contribution in [1.29, 1.82) is 0 Å². The molecule has 1 atom stereocenters. The number of aromatic nitrogens is 2. The molecule has 0 bridgehead atoms. The molecule has 2 aliphatic rings. The first-order valence-corrected chi connectivity index (χ1v) is 10.6. The number of fused-ring (bicyclic) bond motifs is 1. The fourth-order valence-corrected chi connectivity index (χ4v) is 4.83. The molecule has 158 valence electrons. The lowest BCUT2D eigenvalue weighted by Gasteiger charge is -2.47. The van der Waals surface area contributed by atoms with Crippen LogP contribution in [0, 0.1) is 11.8 Å². The Morgan fingerprint density at radius 3 is 2.76 bits per heavy atom. The maximum atomic E-state index is 12.7. The Morgan fingerprint density at radius 1 is 1.28 bits per heavy atom. The number of H-pyrrole nitrogens is 1. The quantitative estimate of drug-likeness (QED) is 0.830. The second-order valence-electron chi connectivity index (χ2n) is 9.55. The van der Waals surface area contributed by atoms with E-state index in [0.717, 1.165) is 43.4 Å². The van der Waals surface area contributed by atoms with Gasteiger partial charge in [-0.15, -0.1) is 0 Å². The summed E-state index contributed by atoms with van der Waals surface area (Å²) in [4.78, 5) is 29.5. The van der Waals surface area contributed by atoms with Crippen LogP contribution in [0.25, 0.3) is 11.0 Å². The summed E-state index contributed by atoms with van der Waals surface area (Å²) >= 11 is 0. The number of aryl methyl sites for hydroxylation is 1. The number of piperazine rings is 1. The molecular weight excluding hydrogens is 368 g/mol. The van der Waals surface area contributed by atoms with Crippen LogP contribution in [0.15, 0.2) is 23.0 Å². The van der Waals surface area contributed by atoms with Crippen molar-refractivity contribution in [3.05, 3.63) is 34.2 Å². The zero-order chi connectivity index (χ0) is 20.8. The summed E-state index contributed by atoms with van der Waals surface area (Å²) in [6, 6.07) is 6.29. The van der Waals surface area contributed by atoms with Gasteiger partial charge in [-0.3, -0.25) is 4.57 Å². The summed E-state index contributed by atoms with van der Waals surface area (Å²) in [5.74, 6) is 1.08. The van der Waals surface area contributed by atoms with E-state index in [0.29, 0.717) is 18.4 Å². The molecule has 0 radical (unpaired) electrons. The fraction of sp³-hybridized carbons (Fsp3) is 0.636. The van der Waals surface area contributed by atoms with Gasteiger partial charge in [-0.05, 0) is 63.5 Å². The summed E-state index contributed by atoms with van der Waals surface area (Å²) in [6.07, 6.45) is 2.96. The average Bonchev–Trinajstić information content (AvgIpc) is 2.91. The number of nitrogens with zero attached hydrogens (tertiary/aromatic N) is 2. The Kier molecular flexibility index (Phi) is 5.19. The first-order valence-electron chi connectivity index (χ1n) is 10.6. The Bertz CT molecular complexity index is 949. The number of nitrogens with one attached hydrogen (secondary N) is 2. The smallest absolute Gasteiger partial charge is 0.410 e. The third-order valence-corrected chi connectivity index (χ3v) is 6.24. The molecule has 1 aliphatic carbocycles. The van der Waals surface area contributed by atoms with E-state index in [1.807, 2.05) is 44.9 Å². The van der Waals surface area contributed by atoms with Crippen molar-refractivity contribution in [1.82, 2.24) is 19.8 Å². The average molecular weight is 401 g/mol. The van der Waals surface area contributed by atoms with Crippen LogP contribution in [0.5, 0.6) is 0 Å². The highest BCUT2D eigenvalue weighted by Gasteiger charge is 2.41. The summed E-state index contributed by atoms with van der Waals surface area (Å²) in [7, 11) is 1.82. The molecule has 1 saturated carbocycles. The molecule has 1 amide bonds. The van der Waals surface area contributed by atoms with Gasteiger partial charge >= 0.3 is 11.8 Å². The molecule has 1 saturated heterocycles. The predicted molar refractivity (Wildman–Crippen MR) is 113 cm³/mol. The number of aromatic amines is 1. The number of hydrogen-bond donors (Lipinski definition) is 2. The van der Waals surface area contributed by atoms with Crippen LogP contribution in [-0.4, -0.2) is 51.8 Å². The molecule has 2 aromatic rings. The lowest BCUT2D eigenvalue weighted by atomic mass is 9.68. The highest BCUT2D eigenvalue weighted by Crippen LogP contribution is 2.41. The molecule has 7 heteroatoms. The molecule has 1 aromatic carbocycles. The SMILES string of the molecule is Cn1c(=O)[nH]c2cccc(CC3CC(C4CNCCN4C(=O)OC(C)(C)C)C3)c21. The number of imidazole rings is 1. The monoisotopic (exact) mass is 400 g/mol. The highest BCUT2D eigenvalue weighted by molar-refractivity contribution is 5.79. The number of hydrogen-bond acceptors (Lipinski definition) is 4. The Balaban J connectivity index is 1.41. The molecule has 1 unspecified atom stereocenters. The minimum atomic E-state index is -0.472. The van der Waals surface area contributed by atoms with E-state index in [2.05, 4.69) is 16.4 Å². The topological polar surface area (TPSA) is 79.4 Å². The number of ether oxygens (including phenoxy) is 1. The van der Waals surface area contributed by atoms with Crippen LogP contribution >= 0.6 is 0 Å². The van der Waals surface area contributed by atoms with Gasteiger partial charge in [-0.2, -0.15) is 0 Å². The second kappa shape index (κ2) is 7.52. The molecular formula is C22H32N4O3. The van der Waals surface area contributed by atoms with Crippen LogP contribution in [0.1, 0.15) is 39.2 Å². The van der Waals surface area contributed by atoms with E-state index in [-0.39, 0.29) is 17.8 Å². The van der Waals surface area contributed by atoms with Gasteiger partial charge in [0.1, 0.15) is 5.60 Å². The van der Waals surface area contributed by atoms with E-state index in [4.69, 9.17) is 4.74 Å². The highest BCUT2D eigenvalue weighted by atomic mass is 16.6. The van der Waals surface area contributed by atoms with Crippen LogP contribution in [0.3, 0.4) is 0 Å². The van der Waals surface area contributed by atoms with Crippen LogP contribution in [0.2, 0.25) is 0 Å². The van der Waals surface area contributed by atoms with Crippen molar-refractivity contribution < 1.29 is 9.53 Å². The molecule has 29 heavy (non-hydrogen) atoms. The maximum Gasteiger partial charge on any atom is 0.410 e. The van der Waals surface area contributed by atoms with Gasteiger partial charge in [-0.25, -0.2) is 9.59 Å². The minimum absolute atomic E-state index is 0.0692. The third kappa shape index (κ3) is 4.06. The number of carbonyl (C=O) groups is 1. The normalized spacial score (nSPS) is 25.1. The van der Waals surface area contributed by atoms with Crippen molar-refractivity contribution in [2.45, 2.75) is 51.7 Å². The van der Waals surface area contributed by atoms with Crippen molar-refractivity contribution in [2.24, 2.45) is 18.9 Å². The molecule has 4 rings (SSSR count). The lowest BCUT2D eigenvalue weighted by molar-refractivity contribution is -0.00990. The van der Waals surface area contributed by atoms with Gasteiger partial charge in [0.05, 0.1) is 17.1 Å². The zero-order valence-electron chi connectivity index (χ0n) is 17.8. The Morgan fingerprint density at radius 2 is 2.03 bits per heavy atom. The van der Waals surface area contributed by atoms with Crippen LogP contribution in [-0.2, 0) is 18.2 Å². The molecule has 7 nitrogen and oxygen atoms in total. The third-order valence-electron chi connectivity index (χ3n) is 6.24. The van der Waals surface area contributed by atoms with E-state index in [9.17, 15) is 9.59 Å².